The summed E-state index contributed by atoms with van der Waals surface area (Å²) in [6.45, 7) is -0.857. The Balaban J connectivity index is 1.95. The second-order valence-electron chi connectivity index (χ2n) is 6.22. The van der Waals surface area contributed by atoms with Crippen LogP contribution in [0.3, 0.4) is 0 Å². The van der Waals surface area contributed by atoms with Gasteiger partial charge in [0.1, 0.15) is 29.5 Å². The van der Waals surface area contributed by atoms with Gasteiger partial charge in [0.15, 0.2) is 18.3 Å². The number of guanidine groups is 1. The van der Waals surface area contributed by atoms with Crippen LogP contribution in [0.1, 0.15) is 0 Å². The fourth-order valence-corrected chi connectivity index (χ4v) is 4.24. The van der Waals surface area contributed by atoms with Gasteiger partial charge in [-0.05, 0) is 0 Å². The smallest absolute Gasteiger partial charge is 0.311 e. The molecule has 9 N–H and O–H groups in total. The van der Waals surface area contributed by atoms with Crippen LogP contribution in [0.25, 0.3) is 0 Å². The topological polar surface area (TPSA) is 190 Å². The Morgan fingerprint density at radius 2 is 1.82 bits per heavy atom. The molecule has 3 saturated heterocycles. The molecule has 1 saturated carbocycles. The van der Waals surface area contributed by atoms with Crippen molar-refractivity contribution in [2.45, 2.75) is 47.8 Å². The maximum Gasteiger partial charge on any atom is 0.311 e. The van der Waals surface area contributed by atoms with Gasteiger partial charge in [-0.1, -0.05) is 0 Å². The zero-order valence-electron chi connectivity index (χ0n) is 11.2. The third-order valence-corrected chi connectivity index (χ3v) is 5.22. The molecule has 5 aliphatic rings. The summed E-state index contributed by atoms with van der Waals surface area (Å²) in [6.07, 6.45) is -7.77. The number of rotatable bonds is 1. The van der Waals surface area contributed by atoms with E-state index < -0.39 is 60.3 Å². The van der Waals surface area contributed by atoms with Crippen molar-refractivity contribution in [1.82, 2.24) is 5.32 Å². The highest BCUT2D eigenvalue weighted by molar-refractivity contribution is 5.80. The standard InChI is InChI=1S/C11H17N3O8/c12-8-13-6(17)2-4-9(19,1-15)5-3(16)10(2,14-8)7(18)11(20,21-4)22-5/h2-7,15-20H,1H2,(H3,12,13,14)/t2-,3+,4+,5+,6+,7+,9+,10?,11+/m1/s1. The Labute approximate surface area is 123 Å². The van der Waals surface area contributed by atoms with Gasteiger partial charge in [0.2, 0.25) is 0 Å². The number of hydrogen-bond acceptors (Lipinski definition) is 11. The zero-order chi connectivity index (χ0) is 16.1. The van der Waals surface area contributed by atoms with Crippen LogP contribution in [-0.2, 0) is 9.47 Å². The third kappa shape index (κ3) is 1.28. The van der Waals surface area contributed by atoms with Gasteiger partial charge in [-0.25, -0.2) is 4.99 Å². The monoisotopic (exact) mass is 319 g/mol. The van der Waals surface area contributed by atoms with Crippen LogP contribution in [0.2, 0.25) is 0 Å². The maximum absolute atomic E-state index is 10.6. The van der Waals surface area contributed by atoms with Crippen molar-refractivity contribution in [3.8, 4) is 0 Å². The van der Waals surface area contributed by atoms with Gasteiger partial charge >= 0.3 is 5.97 Å². The van der Waals surface area contributed by atoms with E-state index in [-0.39, 0.29) is 5.96 Å². The highest BCUT2D eigenvalue weighted by Crippen LogP contribution is 2.58. The molecular weight excluding hydrogens is 302 g/mol. The van der Waals surface area contributed by atoms with Gasteiger partial charge in [0, 0.05) is 0 Å². The number of nitrogens with zero attached hydrogens (tertiary/aromatic N) is 1. The molecule has 1 unspecified atom stereocenters. The third-order valence-electron chi connectivity index (χ3n) is 5.22. The Hall–Kier alpha value is -1.05. The fraction of sp³-hybridized carbons (Fsp3) is 0.909. The van der Waals surface area contributed by atoms with Crippen molar-refractivity contribution in [2.75, 3.05) is 6.61 Å². The lowest BCUT2D eigenvalue weighted by molar-refractivity contribution is -0.548. The van der Waals surface area contributed by atoms with Crippen LogP contribution in [0.4, 0.5) is 0 Å². The van der Waals surface area contributed by atoms with Gasteiger partial charge in [0.05, 0.1) is 12.5 Å². The van der Waals surface area contributed by atoms with Crippen LogP contribution in [0.15, 0.2) is 4.99 Å². The number of hydrogen-bond donors (Lipinski definition) is 8. The molecule has 0 aromatic heterocycles. The minimum Gasteiger partial charge on any atom is -0.393 e. The molecule has 5 rings (SSSR count). The lowest BCUT2D eigenvalue weighted by atomic mass is 9.55. The van der Waals surface area contributed by atoms with E-state index in [1.165, 1.54) is 0 Å². The van der Waals surface area contributed by atoms with E-state index in [9.17, 15) is 30.6 Å². The maximum atomic E-state index is 10.6. The van der Waals surface area contributed by atoms with Crippen molar-refractivity contribution in [1.29, 1.82) is 0 Å². The molecule has 0 aromatic rings. The zero-order valence-corrected chi connectivity index (χ0v) is 11.2. The molecule has 11 heteroatoms. The van der Waals surface area contributed by atoms with Crippen molar-refractivity contribution in [3.63, 3.8) is 0 Å². The first kappa shape index (κ1) is 14.5. The second kappa shape index (κ2) is 3.88. The minimum atomic E-state index is -2.52. The second-order valence-corrected chi connectivity index (χ2v) is 6.22. The molecule has 0 radical (unpaired) electrons. The Kier molecular flexibility index (Phi) is 2.57. The minimum absolute atomic E-state index is 0.250. The summed E-state index contributed by atoms with van der Waals surface area (Å²) in [4.78, 5) is 3.70. The van der Waals surface area contributed by atoms with E-state index in [4.69, 9.17) is 15.2 Å². The molecule has 0 amide bonds. The van der Waals surface area contributed by atoms with E-state index in [0.29, 0.717) is 0 Å². The Bertz CT molecular complexity index is 561. The first-order valence-corrected chi connectivity index (χ1v) is 6.77. The average Bonchev–Trinajstić information content (AvgIpc) is 2.45. The van der Waals surface area contributed by atoms with E-state index >= 15 is 0 Å². The molecule has 1 aliphatic carbocycles. The summed E-state index contributed by atoms with van der Waals surface area (Å²) < 4.78 is 10.3. The van der Waals surface area contributed by atoms with Gasteiger partial charge in [-0.15, -0.1) is 0 Å². The van der Waals surface area contributed by atoms with Crippen molar-refractivity contribution in [3.05, 3.63) is 0 Å². The van der Waals surface area contributed by atoms with Crippen molar-refractivity contribution < 1.29 is 40.1 Å². The summed E-state index contributed by atoms with van der Waals surface area (Å²) in [5, 5.41) is 64.3. The van der Waals surface area contributed by atoms with Gasteiger partial charge in [-0.2, -0.15) is 0 Å². The average molecular weight is 319 g/mol. The normalized spacial score (nSPS) is 62.4. The summed E-state index contributed by atoms with van der Waals surface area (Å²) in [6, 6.07) is 0. The number of aliphatic hydroxyl groups excluding tert-OH is 4. The SMILES string of the molecule is NC1=N[C@@H](O)[C@H]2[C@@H]3O[C@]4(O)O[C@@H]([C@H](O)C2(N1)[C@@H]4O)[C@]3(O)CO. The van der Waals surface area contributed by atoms with Gasteiger partial charge in [-0.3, -0.25) is 0 Å². The lowest BCUT2D eigenvalue weighted by Gasteiger charge is -2.71. The predicted octanol–water partition coefficient (Wildman–Crippen LogP) is -5.52. The summed E-state index contributed by atoms with van der Waals surface area (Å²) in [5.74, 6) is -3.95. The van der Waals surface area contributed by atoms with Gasteiger partial charge < -0.3 is 51.2 Å². The molecule has 124 valence electrons. The molecule has 4 aliphatic heterocycles. The highest BCUT2D eigenvalue weighted by Gasteiger charge is 2.82. The number of nitrogens with one attached hydrogen (secondary N) is 1. The van der Waals surface area contributed by atoms with Crippen LogP contribution in [0, 0.1) is 5.92 Å². The van der Waals surface area contributed by atoms with Crippen LogP contribution < -0.4 is 11.1 Å². The molecular formula is C11H17N3O8. The summed E-state index contributed by atoms with van der Waals surface area (Å²) in [7, 11) is 0. The van der Waals surface area contributed by atoms with E-state index in [1.54, 1.807) is 0 Å². The van der Waals surface area contributed by atoms with Crippen molar-refractivity contribution in [2.24, 2.45) is 16.6 Å². The quantitative estimate of drug-likeness (QED) is 0.231. The van der Waals surface area contributed by atoms with E-state index in [2.05, 4.69) is 10.3 Å². The Morgan fingerprint density at radius 3 is 2.45 bits per heavy atom. The number of aliphatic hydroxyl groups is 6. The largest absolute Gasteiger partial charge is 0.393 e. The predicted molar refractivity (Wildman–Crippen MR) is 65.7 cm³/mol. The van der Waals surface area contributed by atoms with Crippen molar-refractivity contribution >= 4 is 5.96 Å². The molecule has 9 atom stereocenters. The molecule has 4 bridgehead atoms. The molecule has 1 spiro atoms. The number of aliphatic imine (C=N–C) groups is 1. The highest BCUT2D eigenvalue weighted by atomic mass is 16.9. The first-order valence-electron chi connectivity index (χ1n) is 6.77. The number of ether oxygens (including phenoxy) is 2. The molecule has 4 fully saturated rings. The summed E-state index contributed by atoms with van der Waals surface area (Å²) >= 11 is 0. The van der Waals surface area contributed by atoms with Gasteiger partial charge in [0.25, 0.3) is 0 Å². The Morgan fingerprint density at radius 1 is 1.18 bits per heavy atom. The molecule has 11 nitrogen and oxygen atoms in total. The molecule has 0 aromatic carbocycles. The van der Waals surface area contributed by atoms with Crippen LogP contribution in [0.5, 0.6) is 0 Å². The lowest BCUT2D eigenvalue weighted by Crippen LogP contribution is -2.95. The fourth-order valence-electron chi connectivity index (χ4n) is 4.24. The summed E-state index contributed by atoms with van der Waals surface area (Å²) in [5.41, 5.74) is 1.74. The molecule has 22 heavy (non-hydrogen) atoms. The number of nitrogens with two attached hydrogens (primary N) is 1. The van der Waals surface area contributed by atoms with E-state index in [1.807, 2.05) is 0 Å². The first-order chi connectivity index (χ1) is 10.2. The van der Waals surface area contributed by atoms with E-state index in [0.717, 1.165) is 0 Å². The molecule has 4 heterocycles. The van der Waals surface area contributed by atoms with Crippen LogP contribution in [-0.4, -0.2) is 91.0 Å². The van der Waals surface area contributed by atoms with Crippen LogP contribution >= 0.6 is 0 Å².